The molecule has 1 unspecified atom stereocenters. The van der Waals surface area contributed by atoms with E-state index < -0.39 is 11.7 Å². The van der Waals surface area contributed by atoms with E-state index in [2.05, 4.69) is 5.10 Å². The van der Waals surface area contributed by atoms with E-state index >= 15 is 0 Å². The fraction of sp³-hybridized carbons (Fsp3) is 0.500. The van der Waals surface area contributed by atoms with Gasteiger partial charge in [0.05, 0.1) is 5.56 Å². The van der Waals surface area contributed by atoms with Crippen molar-refractivity contribution in [2.75, 3.05) is 13.1 Å². The Labute approximate surface area is 157 Å². The van der Waals surface area contributed by atoms with Crippen LogP contribution in [0.4, 0.5) is 13.2 Å². The smallest absolute Gasteiger partial charge is 0.341 e. The van der Waals surface area contributed by atoms with Crippen molar-refractivity contribution in [3.8, 4) is 0 Å². The third kappa shape index (κ3) is 4.90. The summed E-state index contributed by atoms with van der Waals surface area (Å²) in [5.74, 6) is 0.241. The van der Waals surface area contributed by atoms with Crippen molar-refractivity contribution < 1.29 is 18.0 Å². The molecule has 27 heavy (non-hydrogen) atoms. The summed E-state index contributed by atoms with van der Waals surface area (Å²) in [5.41, 5.74) is 0.712. The number of piperidine rings is 1. The average Bonchev–Trinajstić information content (AvgIpc) is 3.04. The minimum absolute atomic E-state index is 0.0159. The molecule has 1 aliphatic heterocycles. The van der Waals surface area contributed by atoms with Crippen LogP contribution >= 0.6 is 0 Å². The third-order valence-electron chi connectivity index (χ3n) is 5.23. The average molecular weight is 379 g/mol. The van der Waals surface area contributed by atoms with Gasteiger partial charge in [-0.3, -0.25) is 9.48 Å². The lowest BCUT2D eigenvalue weighted by Crippen LogP contribution is -2.41. The number of aromatic nitrogens is 2. The second kappa shape index (κ2) is 8.15. The SMILES string of the molecule is Cc1ccnn1CC(=O)N1CCCC(CCc2ccccc2C(F)(F)F)C1. The van der Waals surface area contributed by atoms with Gasteiger partial charge in [0.25, 0.3) is 0 Å². The van der Waals surface area contributed by atoms with Gasteiger partial charge in [0.2, 0.25) is 5.91 Å². The van der Waals surface area contributed by atoms with Crippen molar-refractivity contribution in [1.29, 1.82) is 0 Å². The molecule has 1 fully saturated rings. The molecule has 1 atom stereocenters. The maximum absolute atomic E-state index is 13.1. The summed E-state index contributed by atoms with van der Waals surface area (Å²) in [6.45, 7) is 3.42. The normalized spacial score (nSPS) is 17.9. The van der Waals surface area contributed by atoms with Crippen molar-refractivity contribution in [1.82, 2.24) is 14.7 Å². The molecule has 1 aliphatic rings. The van der Waals surface area contributed by atoms with Crippen LogP contribution in [0.25, 0.3) is 0 Å². The van der Waals surface area contributed by atoms with Crippen molar-refractivity contribution in [3.05, 3.63) is 53.3 Å². The summed E-state index contributed by atoms with van der Waals surface area (Å²) < 4.78 is 41.1. The summed E-state index contributed by atoms with van der Waals surface area (Å²) in [5, 5.41) is 4.14. The fourth-order valence-corrected chi connectivity index (χ4v) is 3.69. The number of halogens is 3. The van der Waals surface area contributed by atoms with E-state index in [0.717, 1.165) is 24.6 Å². The van der Waals surface area contributed by atoms with E-state index in [1.807, 2.05) is 17.9 Å². The Bertz CT molecular complexity index is 785. The molecule has 0 radical (unpaired) electrons. The summed E-state index contributed by atoms with van der Waals surface area (Å²) in [6, 6.07) is 7.61. The predicted molar refractivity (Wildman–Crippen MR) is 96.0 cm³/mol. The van der Waals surface area contributed by atoms with Gasteiger partial charge in [0.15, 0.2) is 0 Å². The van der Waals surface area contributed by atoms with E-state index in [1.54, 1.807) is 23.0 Å². The Morgan fingerprint density at radius 1 is 1.26 bits per heavy atom. The molecule has 0 saturated carbocycles. The Kier molecular flexibility index (Phi) is 5.87. The number of rotatable bonds is 5. The third-order valence-corrected chi connectivity index (χ3v) is 5.23. The zero-order valence-electron chi connectivity index (χ0n) is 15.4. The minimum Gasteiger partial charge on any atom is -0.341 e. The quantitative estimate of drug-likeness (QED) is 0.785. The monoisotopic (exact) mass is 379 g/mol. The number of amides is 1. The van der Waals surface area contributed by atoms with E-state index in [4.69, 9.17) is 0 Å². The minimum atomic E-state index is -4.33. The van der Waals surface area contributed by atoms with Crippen molar-refractivity contribution in [2.24, 2.45) is 5.92 Å². The summed E-state index contributed by atoms with van der Waals surface area (Å²) in [4.78, 5) is 14.4. The molecule has 0 spiro atoms. The van der Waals surface area contributed by atoms with Crippen LogP contribution in [-0.2, 0) is 23.9 Å². The number of carbonyl (C=O) groups is 1. The molecule has 1 amide bonds. The van der Waals surface area contributed by atoms with E-state index in [1.165, 1.54) is 6.07 Å². The van der Waals surface area contributed by atoms with Crippen molar-refractivity contribution in [2.45, 2.75) is 45.3 Å². The molecule has 7 heteroatoms. The van der Waals surface area contributed by atoms with Crippen LogP contribution in [0.2, 0.25) is 0 Å². The zero-order valence-corrected chi connectivity index (χ0v) is 15.4. The van der Waals surface area contributed by atoms with Crippen LogP contribution in [0, 0.1) is 12.8 Å². The Balaban J connectivity index is 1.58. The Morgan fingerprint density at radius 2 is 2.04 bits per heavy atom. The van der Waals surface area contributed by atoms with Gasteiger partial charge in [-0.1, -0.05) is 18.2 Å². The highest BCUT2D eigenvalue weighted by Gasteiger charge is 2.33. The summed E-state index contributed by atoms with van der Waals surface area (Å²) in [7, 11) is 0. The van der Waals surface area contributed by atoms with E-state index in [0.29, 0.717) is 31.5 Å². The lowest BCUT2D eigenvalue weighted by atomic mass is 9.90. The lowest BCUT2D eigenvalue weighted by molar-refractivity contribution is -0.138. The number of benzene rings is 1. The molecule has 1 aromatic carbocycles. The largest absolute Gasteiger partial charge is 0.416 e. The second-order valence-corrected chi connectivity index (χ2v) is 7.17. The van der Waals surface area contributed by atoms with Crippen LogP contribution in [0.15, 0.2) is 36.5 Å². The highest BCUT2D eigenvalue weighted by atomic mass is 19.4. The molecule has 4 nitrogen and oxygen atoms in total. The molecule has 2 heterocycles. The van der Waals surface area contributed by atoms with Crippen LogP contribution in [0.5, 0.6) is 0 Å². The number of hydrogen-bond acceptors (Lipinski definition) is 2. The first-order chi connectivity index (χ1) is 12.8. The van der Waals surface area contributed by atoms with Gasteiger partial charge in [-0.05, 0) is 56.2 Å². The van der Waals surface area contributed by atoms with Crippen molar-refractivity contribution in [3.63, 3.8) is 0 Å². The molecule has 3 rings (SSSR count). The van der Waals surface area contributed by atoms with Crippen molar-refractivity contribution >= 4 is 5.91 Å². The standard InChI is InChI=1S/C20H24F3N3O/c1-15-10-11-24-26(15)14-19(27)25-12-4-5-16(13-25)8-9-17-6-2-3-7-18(17)20(21,22)23/h2-3,6-7,10-11,16H,4-5,8-9,12-14H2,1H3. The molecule has 2 aromatic rings. The maximum atomic E-state index is 13.1. The molecule has 1 aromatic heterocycles. The lowest BCUT2D eigenvalue weighted by Gasteiger charge is -2.33. The zero-order chi connectivity index (χ0) is 19.4. The molecule has 0 N–H and O–H groups in total. The number of hydrogen-bond donors (Lipinski definition) is 0. The van der Waals surface area contributed by atoms with Gasteiger partial charge in [-0.25, -0.2) is 0 Å². The summed E-state index contributed by atoms with van der Waals surface area (Å²) in [6.07, 6.45) is 0.193. The van der Waals surface area contributed by atoms with Crippen LogP contribution in [0.1, 0.15) is 36.1 Å². The van der Waals surface area contributed by atoms with Gasteiger partial charge >= 0.3 is 6.18 Å². The van der Waals surface area contributed by atoms with Gasteiger partial charge in [0.1, 0.15) is 6.54 Å². The van der Waals surface area contributed by atoms with Gasteiger partial charge in [0, 0.05) is 25.0 Å². The molecular formula is C20H24F3N3O. The topological polar surface area (TPSA) is 38.1 Å². The van der Waals surface area contributed by atoms with Gasteiger partial charge < -0.3 is 4.90 Å². The van der Waals surface area contributed by atoms with Crippen LogP contribution in [0.3, 0.4) is 0 Å². The number of alkyl halides is 3. The van der Waals surface area contributed by atoms with E-state index in [9.17, 15) is 18.0 Å². The predicted octanol–water partition coefficient (Wildman–Crippen LogP) is 4.08. The number of carbonyl (C=O) groups excluding carboxylic acids is 1. The van der Waals surface area contributed by atoms with Crippen LogP contribution < -0.4 is 0 Å². The Morgan fingerprint density at radius 3 is 2.74 bits per heavy atom. The highest BCUT2D eigenvalue weighted by molar-refractivity contribution is 5.76. The second-order valence-electron chi connectivity index (χ2n) is 7.17. The molecule has 1 saturated heterocycles. The summed E-state index contributed by atoms with van der Waals surface area (Å²) >= 11 is 0. The number of nitrogens with zero attached hydrogens (tertiary/aromatic N) is 3. The maximum Gasteiger partial charge on any atom is 0.416 e. The first kappa shape index (κ1) is 19.5. The van der Waals surface area contributed by atoms with Crippen LogP contribution in [-0.4, -0.2) is 33.7 Å². The van der Waals surface area contributed by atoms with E-state index in [-0.39, 0.29) is 18.4 Å². The fourth-order valence-electron chi connectivity index (χ4n) is 3.69. The first-order valence-corrected chi connectivity index (χ1v) is 9.26. The number of likely N-dealkylation sites (tertiary alicyclic amines) is 1. The van der Waals surface area contributed by atoms with Gasteiger partial charge in [-0.15, -0.1) is 0 Å². The molecule has 0 bridgehead atoms. The molecule has 146 valence electrons. The Hall–Kier alpha value is -2.31. The molecule has 0 aliphatic carbocycles. The highest BCUT2D eigenvalue weighted by Crippen LogP contribution is 2.33. The first-order valence-electron chi connectivity index (χ1n) is 9.26. The number of aryl methyl sites for hydroxylation is 2. The molecular weight excluding hydrogens is 355 g/mol. The van der Waals surface area contributed by atoms with Gasteiger partial charge in [-0.2, -0.15) is 18.3 Å².